The number of nitrogens with one attached hydrogen (secondary N) is 1. The Morgan fingerprint density at radius 1 is 1.67 bits per heavy atom. The molecule has 0 fully saturated rings. The fourth-order valence-corrected chi connectivity index (χ4v) is 1.15. The van der Waals surface area contributed by atoms with Crippen LogP contribution in [0.1, 0.15) is 24.9 Å². The van der Waals surface area contributed by atoms with E-state index in [1.54, 1.807) is 6.20 Å². The summed E-state index contributed by atoms with van der Waals surface area (Å²) in [6.07, 6.45) is 2.56. The highest BCUT2D eigenvalue weighted by atomic mass is 15.2. The number of nitrogen functional groups attached to an aromatic ring is 1. The number of hydrazine groups is 1. The van der Waals surface area contributed by atoms with Crippen LogP contribution < -0.4 is 17.0 Å². The van der Waals surface area contributed by atoms with Crippen LogP contribution in [0.15, 0.2) is 18.3 Å². The molecule has 0 radical (unpaired) electrons. The number of hydrogen-bond donors (Lipinski definition) is 3. The lowest BCUT2D eigenvalue weighted by Gasteiger charge is -2.14. The van der Waals surface area contributed by atoms with Crippen molar-refractivity contribution >= 4 is 5.82 Å². The van der Waals surface area contributed by atoms with Crippen LogP contribution in [-0.2, 0) is 0 Å². The zero-order valence-electron chi connectivity index (χ0n) is 7.12. The van der Waals surface area contributed by atoms with Gasteiger partial charge >= 0.3 is 0 Å². The van der Waals surface area contributed by atoms with Crippen molar-refractivity contribution < 1.29 is 0 Å². The van der Waals surface area contributed by atoms with Crippen molar-refractivity contribution in [3.8, 4) is 0 Å². The Kier molecular flexibility index (Phi) is 3.01. The maximum absolute atomic E-state index is 5.67. The zero-order valence-corrected chi connectivity index (χ0v) is 7.12. The first-order valence-corrected chi connectivity index (χ1v) is 3.96. The van der Waals surface area contributed by atoms with Crippen molar-refractivity contribution in [1.29, 1.82) is 0 Å². The quantitative estimate of drug-likeness (QED) is 0.453. The van der Waals surface area contributed by atoms with Crippen LogP contribution in [0.5, 0.6) is 0 Å². The molecular formula is C8H14N4. The van der Waals surface area contributed by atoms with Gasteiger partial charge in [-0.15, -0.1) is 0 Å². The lowest BCUT2D eigenvalue weighted by atomic mass is 10.1. The van der Waals surface area contributed by atoms with E-state index in [-0.39, 0.29) is 6.04 Å². The minimum absolute atomic E-state index is 0.0960. The summed E-state index contributed by atoms with van der Waals surface area (Å²) in [4.78, 5) is 3.98. The maximum atomic E-state index is 5.67. The van der Waals surface area contributed by atoms with Gasteiger partial charge in [0.05, 0.1) is 0 Å². The summed E-state index contributed by atoms with van der Waals surface area (Å²) in [6.45, 7) is 2.04. The summed E-state index contributed by atoms with van der Waals surface area (Å²) >= 11 is 0. The number of hydrogen-bond acceptors (Lipinski definition) is 4. The Morgan fingerprint density at radius 3 is 2.92 bits per heavy atom. The van der Waals surface area contributed by atoms with E-state index >= 15 is 0 Å². The highest BCUT2D eigenvalue weighted by molar-refractivity contribution is 5.40. The molecule has 1 unspecified atom stereocenters. The van der Waals surface area contributed by atoms with E-state index in [2.05, 4.69) is 10.4 Å². The first-order chi connectivity index (χ1) is 5.79. The molecule has 1 heterocycles. The van der Waals surface area contributed by atoms with Crippen molar-refractivity contribution in [3.05, 3.63) is 23.9 Å². The monoisotopic (exact) mass is 166 g/mol. The summed E-state index contributed by atoms with van der Waals surface area (Å²) < 4.78 is 0. The largest absolute Gasteiger partial charge is 0.383 e. The van der Waals surface area contributed by atoms with Crippen molar-refractivity contribution in [2.45, 2.75) is 19.4 Å². The van der Waals surface area contributed by atoms with Gasteiger partial charge in [0.1, 0.15) is 5.82 Å². The normalized spacial score (nSPS) is 12.8. The summed E-state index contributed by atoms with van der Waals surface area (Å²) in [5.74, 6) is 5.89. The van der Waals surface area contributed by atoms with Gasteiger partial charge in [0.15, 0.2) is 0 Å². The smallest absolute Gasteiger partial charge is 0.128 e. The molecule has 5 N–H and O–H groups in total. The van der Waals surface area contributed by atoms with Gasteiger partial charge in [-0.3, -0.25) is 11.3 Å². The molecule has 1 rings (SSSR count). The highest BCUT2D eigenvalue weighted by Gasteiger charge is 2.09. The van der Waals surface area contributed by atoms with Crippen molar-refractivity contribution in [2.75, 3.05) is 5.73 Å². The van der Waals surface area contributed by atoms with E-state index in [1.165, 1.54) is 0 Å². The van der Waals surface area contributed by atoms with E-state index in [1.807, 2.05) is 19.1 Å². The molecule has 1 aromatic rings. The second-order valence-corrected chi connectivity index (χ2v) is 2.61. The molecule has 0 aliphatic carbocycles. The van der Waals surface area contributed by atoms with E-state index < -0.39 is 0 Å². The predicted octanol–water partition coefficient (Wildman–Crippen LogP) is 0.578. The second kappa shape index (κ2) is 4.04. The minimum Gasteiger partial charge on any atom is -0.383 e. The molecule has 0 spiro atoms. The summed E-state index contributed by atoms with van der Waals surface area (Å²) in [5, 5.41) is 0. The molecule has 4 heteroatoms. The topological polar surface area (TPSA) is 77.0 Å². The van der Waals surface area contributed by atoms with Gasteiger partial charge < -0.3 is 5.73 Å². The summed E-state index contributed by atoms with van der Waals surface area (Å²) in [7, 11) is 0. The average Bonchev–Trinajstić information content (AvgIpc) is 2.10. The third-order valence-electron chi connectivity index (χ3n) is 1.86. The molecule has 0 saturated heterocycles. The Balaban J connectivity index is 2.92. The standard InChI is InChI=1S/C8H14N4/c1-2-7(12-10)6-4-3-5-11-8(6)9/h3-5,7,12H,2,10H2,1H3,(H2,9,11). The van der Waals surface area contributed by atoms with Crippen LogP contribution in [-0.4, -0.2) is 4.98 Å². The summed E-state index contributed by atoms with van der Waals surface area (Å²) in [6, 6.07) is 3.88. The molecule has 0 aromatic carbocycles. The zero-order chi connectivity index (χ0) is 8.97. The van der Waals surface area contributed by atoms with E-state index in [0.29, 0.717) is 5.82 Å². The molecular weight excluding hydrogens is 152 g/mol. The number of aromatic nitrogens is 1. The van der Waals surface area contributed by atoms with Gasteiger partial charge in [-0.1, -0.05) is 13.0 Å². The molecule has 12 heavy (non-hydrogen) atoms. The number of anilines is 1. The van der Waals surface area contributed by atoms with Crippen molar-refractivity contribution in [1.82, 2.24) is 10.4 Å². The van der Waals surface area contributed by atoms with Crippen LogP contribution in [0.2, 0.25) is 0 Å². The molecule has 1 atom stereocenters. The number of nitrogens with zero attached hydrogens (tertiary/aromatic N) is 1. The predicted molar refractivity (Wildman–Crippen MR) is 49.0 cm³/mol. The third kappa shape index (κ3) is 1.72. The van der Waals surface area contributed by atoms with Crippen LogP contribution in [0.3, 0.4) is 0 Å². The Morgan fingerprint density at radius 2 is 2.42 bits per heavy atom. The van der Waals surface area contributed by atoms with Gasteiger partial charge in [0, 0.05) is 17.8 Å². The molecule has 0 bridgehead atoms. The van der Waals surface area contributed by atoms with Gasteiger partial charge in [0.2, 0.25) is 0 Å². The molecule has 4 nitrogen and oxygen atoms in total. The summed E-state index contributed by atoms with van der Waals surface area (Å²) in [5.41, 5.74) is 9.32. The Hall–Kier alpha value is -1.13. The van der Waals surface area contributed by atoms with Crippen LogP contribution >= 0.6 is 0 Å². The number of pyridine rings is 1. The van der Waals surface area contributed by atoms with E-state index in [9.17, 15) is 0 Å². The van der Waals surface area contributed by atoms with Gasteiger partial charge in [-0.2, -0.15) is 0 Å². The van der Waals surface area contributed by atoms with Crippen LogP contribution in [0, 0.1) is 0 Å². The molecule has 0 aliphatic rings. The molecule has 0 aliphatic heterocycles. The molecule has 1 aromatic heterocycles. The first-order valence-electron chi connectivity index (χ1n) is 3.96. The first kappa shape index (κ1) is 8.96. The third-order valence-corrected chi connectivity index (χ3v) is 1.86. The molecule has 0 saturated carbocycles. The fraction of sp³-hybridized carbons (Fsp3) is 0.375. The lowest BCUT2D eigenvalue weighted by Crippen LogP contribution is -2.28. The maximum Gasteiger partial charge on any atom is 0.128 e. The second-order valence-electron chi connectivity index (χ2n) is 2.61. The number of rotatable bonds is 3. The molecule has 0 amide bonds. The number of nitrogens with two attached hydrogens (primary N) is 2. The highest BCUT2D eigenvalue weighted by Crippen LogP contribution is 2.19. The SMILES string of the molecule is CCC(NN)c1cccnc1N. The van der Waals surface area contributed by atoms with E-state index in [4.69, 9.17) is 11.6 Å². The lowest BCUT2D eigenvalue weighted by molar-refractivity contribution is 0.539. The minimum atomic E-state index is 0.0960. The fourth-order valence-electron chi connectivity index (χ4n) is 1.15. The van der Waals surface area contributed by atoms with E-state index in [0.717, 1.165) is 12.0 Å². The molecule has 66 valence electrons. The van der Waals surface area contributed by atoms with Crippen LogP contribution in [0.25, 0.3) is 0 Å². The van der Waals surface area contributed by atoms with Gasteiger partial charge in [-0.05, 0) is 12.5 Å². The van der Waals surface area contributed by atoms with Gasteiger partial charge in [-0.25, -0.2) is 4.98 Å². The Bertz CT molecular complexity index is 245. The van der Waals surface area contributed by atoms with Crippen LogP contribution in [0.4, 0.5) is 5.82 Å². The van der Waals surface area contributed by atoms with Crippen molar-refractivity contribution in [3.63, 3.8) is 0 Å². The average molecular weight is 166 g/mol. The van der Waals surface area contributed by atoms with Crippen molar-refractivity contribution in [2.24, 2.45) is 5.84 Å². The Labute approximate surface area is 71.9 Å². The van der Waals surface area contributed by atoms with Gasteiger partial charge in [0.25, 0.3) is 0 Å².